The Morgan fingerprint density at radius 1 is 1.29 bits per heavy atom. The van der Waals surface area contributed by atoms with Gasteiger partial charge in [0.1, 0.15) is 0 Å². The smallest absolute Gasteiger partial charge is 0.0293 e. The van der Waals surface area contributed by atoms with Crippen molar-refractivity contribution in [1.82, 2.24) is 15.2 Å². The zero-order chi connectivity index (χ0) is 12.9. The van der Waals surface area contributed by atoms with E-state index in [0.717, 1.165) is 13.1 Å². The van der Waals surface area contributed by atoms with E-state index in [9.17, 15) is 0 Å². The summed E-state index contributed by atoms with van der Waals surface area (Å²) in [5, 5.41) is 3.59. The van der Waals surface area contributed by atoms with Crippen molar-refractivity contribution >= 4 is 0 Å². The molecular weight excluding hydrogens is 210 g/mol. The molecule has 1 rings (SSSR count). The third kappa shape index (κ3) is 5.29. The Balaban J connectivity index is 2.45. The summed E-state index contributed by atoms with van der Waals surface area (Å²) in [7, 11) is 4.24. The van der Waals surface area contributed by atoms with Crippen molar-refractivity contribution in [2.45, 2.75) is 26.8 Å². The fraction of sp³-hybridized carbons (Fsp3) is 0.643. The highest BCUT2D eigenvalue weighted by Crippen LogP contribution is 2.17. The molecule has 0 fully saturated rings. The Morgan fingerprint density at radius 2 is 1.88 bits per heavy atom. The minimum atomic E-state index is 0.283. The van der Waals surface area contributed by atoms with Gasteiger partial charge in [-0.05, 0) is 44.1 Å². The molecule has 1 aromatic heterocycles. The van der Waals surface area contributed by atoms with Crippen molar-refractivity contribution in [1.29, 1.82) is 0 Å². The molecular formula is C14H25N3. The van der Waals surface area contributed by atoms with E-state index >= 15 is 0 Å². The second-order valence-electron chi connectivity index (χ2n) is 5.79. The summed E-state index contributed by atoms with van der Waals surface area (Å²) in [5.74, 6) is 0. The van der Waals surface area contributed by atoms with Crippen molar-refractivity contribution < 1.29 is 0 Å². The first kappa shape index (κ1) is 14.1. The monoisotopic (exact) mass is 235 g/mol. The molecule has 1 N–H and O–H groups in total. The lowest BCUT2D eigenvalue weighted by Gasteiger charge is -2.30. The third-order valence-corrected chi connectivity index (χ3v) is 2.84. The number of aromatic nitrogens is 1. The van der Waals surface area contributed by atoms with Crippen LogP contribution in [0.15, 0.2) is 24.5 Å². The molecule has 0 radical (unpaired) electrons. The summed E-state index contributed by atoms with van der Waals surface area (Å²) in [5.41, 5.74) is 1.57. The summed E-state index contributed by atoms with van der Waals surface area (Å²) in [6.07, 6.45) is 3.69. The molecule has 0 aromatic carbocycles. The number of hydrogen-bond acceptors (Lipinski definition) is 3. The first-order valence-electron chi connectivity index (χ1n) is 6.19. The van der Waals surface area contributed by atoms with Gasteiger partial charge in [-0.15, -0.1) is 0 Å². The van der Waals surface area contributed by atoms with Crippen LogP contribution in [-0.2, 0) is 0 Å². The van der Waals surface area contributed by atoms with Crippen molar-refractivity contribution in [3.05, 3.63) is 30.1 Å². The number of pyridine rings is 1. The molecule has 1 heterocycles. The van der Waals surface area contributed by atoms with E-state index < -0.39 is 0 Å². The van der Waals surface area contributed by atoms with Crippen LogP contribution in [-0.4, -0.2) is 37.1 Å². The Hall–Kier alpha value is -0.930. The minimum Gasteiger partial charge on any atom is -0.310 e. The number of rotatable bonds is 6. The van der Waals surface area contributed by atoms with Gasteiger partial charge in [0.2, 0.25) is 0 Å². The van der Waals surface area contributed by atoms with Crippen molar-refractivity contribution in [2.75, 3.05) is 27.2 Å². The fourth-order valence-electron chi connectivity index (χ4n) is 2.11. The highest BCUT2D eigenvalue weighted by molar-refractivity contribution is 5.13. The highest BCUT2D eigenvalue weighted by Gasteiger charge is 2.19. The first-order valence-corrected chi connectivity index (χ1v) is 6.19. The van der Waals surface area contributed by atoms with Crippen LogP contribution in [0.4, 0.5) is 0 Å². The predicted molar refractivity (Wildman–Crippen MR) is 73.0 cm³/mol. The lowest BCUT2D eigenvalue weighted by molar-refractivity contribution is 0.227. The highest BCUT2D eigenvalue weighted by atomic mass is 15.1. The van der Waals surface area contributed by atoms with Gasteiger partial charge in [0, 0.05) is 31.5 Å². The lowest BCUT2D eigenvalue weighted by atomic mass is 9.92. The number of nitrogens with one attached hydrogen (secondary N) is 1. The SMILES string of the molecule is CC(NCC(C)(C)CN(C)C)c1ccncc1. The maximum atomic E-state index is 4.04. The number of hydrogen-bond donors (Lipinski definition) is 1. The van der Waals surface area contributed by atoms with Gasteiger partial charge < -0.3 is 10.2 Å². The molecule has 3 nitrogen and oxygen atoms in total. The summed E-state index contributed by atoms with van der Waals surface area (Å²) in [6, 6.07) is 4.51. The molecule has 0 aliphatic rings. The van der Waals surface area contributed by atoms with Crippen LogP contribution in [0.2, 0.25) is 0 Å². The van der Waals surface area contributed by atoms with E-state index in [1.54, 1.807) is 0 Å². The maximum Gasteiger partial charge on any atom is 0.0293 e. The van der Waals surface area contributed by atoms with Gasteiger partial charge in [-0.25, -0.2) is 0 Å². The Bertz CT molecular complexity index is 319. The van der Waals surface area contributed by atoms with Crippen molar-refractivity contribution in [3.8, 4) is 0 Å². The van der Waals surface area contributed by atoms with Crippen LogP contribution < -0.4 is 5.32 Å². The van der Waals surface area contributed by atoms with Crippen LogP contribution in [0.5, 0.6) is 0 Å². The zero-order valence-electron chi connectivity index (χ0n) is 11.7. The lowest BCUT2D eigenvalue weighted by Crippen LogP contribution is -2.38. The molecule has 0 bridgehead atoms. The van der Waals surface area contributed by atoms with Crippen LogP contribution in [0.25, 0.3) is 0 Å². The topological polar surface area (TPSA) is 28.2 Å². The van der Waals surface area contributed by atoms with Gasteiger partial charge in [0.25, 0.3) is 0 Å². The summed E-state index contributed by atoms with van der Waals surface area (Å²) in [6.45, 7) is 8.87. The fourth-order valence-corrected chi connectivity index (χ4v) is 2.11. The van der Waals surface area contributed by atoms with E-state index in [0.29, 0.717) is 6.04 Å². The van der Waals surface area contributed by atoms with E-state index in [2.05, 4.69) is 62.2 Å². The Labute approximate surface area is 105 Å². The molecule has 0 saturated heterocycles. The van der Waals surface area contributed by atoms with Crippen LogP contribution in [0.3, 0.4) is 0 Å². The second-order valence-corrected chi connectivity index (χ2v) is 5.79. The molecule has 3 heteroatoms. The standard InChI is InChI=1S/C14H25N3/c1-12(13-6-8-15-9-7-13)16-10-14(2,3)11-17(4)5/h6-9,12,16H,10-11H2,1-5H3. The molecule has 17 heavy (non-hydrogen) atoms. The van der Waals surface area contributed by atoms with E-state index in [1.165, 1.54) is 5.56 Å². The largest absolute Gasteiger partial charge is 0.310 e. The molecule has 96 valence electrons. The average Bonchev–Trinajstić information content (AvgIpc) is 2.25. The van der Waals surface area contributed by atoms with Gasteiger partial charge in [-0.2, -0.15) is 0 Å². The second kappa shape index (κ2) is 6.12. The van der Waals surface area contributed by atoms with E-state index in [4.69, 9.17) is 0 Å². The molecule has 0 amide bonds. The van der Waals surface area contributed by atoms with Gasteiger partial charge in [0.05, 0.1) is 0 Å². The van der Waals surface area contributed by atoms with Crippen LogP contribution in [0.1, 0.15) is 32.4 Å². The van der Waals surface area contributed by atoms with Crippen LogP contribution in [0, 0.1) is 5.41 Å². The molecule has 1 aromatic rings. The Morgan fingerprint density at radius 3 is 2.41 bits per heavy atom. The summed E-state index contributed by atoms with van der Waals surface area (Å²) < 4.78 is 0. The molecule has 1 atom stereocenters. The molecule has 0 spiro atoms. The molecule has 0 saturated carbocycles. The van der Waals surface area contributed by atoms with Gasteiger partial charge in [-0.1, -0.05) is 13.8 Å². The minimum absolute atomic E-state index is 0.283. The molecule has 0 aliphatic carbocycles. The summed E-state index contributed by atoms with van der Waals surface area (Å²) >= 11 is 0. The molecule has 1 unspecified atom stereocenters. The van der Waals surface area contributed by atoms with E-state index in [1.807, 2.05) is 12.4 Å². The van der Waals surface area contributed by atoms with Gasteiger partial charge in [0.15, 0.2) is 0 Å². The normalized spacial score (nSPS) is 14.0. The zero-order valence-corrected chi connectivity index (χ0v) is 11.7. The predicted octanol–water partition coefficient (Wildman–Crippen LogP) is 2.32. The van der Waals surface area contributed by atoms with Crippen LogP contribution >= 0.6 is 0 Å². The average molecular weight is 235 g/mol. The van der Waals surface area contributed by atoms with E-state index in [-0.39, 0.29) is 5.41 Å². The van der Waals surface area contributed by atoms with Gasteiger partial charge in [-0.3, -0.25) is 4.98 Å². The Kier molecular flexibility index (Phi) is 5.09. The third-order valence-electron chi connectivity index (χ3n) is 2.84. The van der Waals surface area contributed by atoms with Gasteiger partial charge >= 0.3 is 0 Å². The number of nitrogens with zero attached hydrogens (tertiary/aromatic N) is 2. The quantitative estimate of drug-likeness (QED) is 0.820. The first-order chi connectivity index (χ1) is 7.91. The molecule has 0 aliphatic heterocycles. The van der Waals surface area contributed by atoms with Crippen molar-refractivity contribution in [2.24, 2.45) is 5.41 Å². The summed E-state index contributed by atoms with van der Waals surface area (Å²) in [4.78, 5) is 6.28. The van der Waals surface area contributed by atoms with Crippen molar-refractivity contribution in [3.63, 3.8) is 0 Å². The maximum absolute atomic E-state index is 4.04.